The minimum Gasteiger partial charge on any atom is -0.378 e. The van der Waals surface area contributed by atoms with Gasteiger partial charge in [0, 0.05) is 17.8 Å². The molecule has 0 unspecified atom stereocenters. The Labute approximate surface area is 126 Å². The fraction of sp³-hybridized carbons (Fsp3) is 0.143. The van der Waals surface area contributed by atoms with Crippen LogP contribution in [0.1, 0.15) is 5.82 Å². The molecule has 0 atom stereocenters. The van der Waals surface area contributed by atoms with Gasteiger partial charge in [-0.1, -0.05) is 23.7 Å². The van der Waals surface area contributed by atoms with Gasteiger partial charge in [-0.15, -0.1) is 11.3 Å². The lowest BCUT2D eigenvalue weighted by molar-refractivity contribution is 0.713. The van der Waals surface area contributed by atoms with Gasteiger partial charge in [-0.05, 0) is 29.6 Å². The third-order valence-corrected chi connectivity index (χ3v) is 3.97. The first kappa shape index (κ1) is 13.1. The van der Waals surface area contributed by atoms with E-state index in [1.165, 1.54) is 0 Å². The molecule has 0 fully saturated rings. The molecule has 1 N–H and O–H groups in total. The number of anilines is 1. The highest BCUT2D eigenvalue weighted by Crippen LogP contribution is 2.21. The molecule has 6 heteroatoms. The number of nitrogens with one attached hydrogen (secondary N) is 1. The number of rotatable bonds is 4. The number of thiophene rings is 1. The number of hydrogen-bond acceptors (Lipinski definition) is 4. The molecule has 3 aromatic rings. The zero-order valence-electron chi connectivity index (χ0n) is 10.9. The van der Waals surface area contributed by atoms with Crippen LogP contribution in [0.3, 0.4) is 0 Å². The van der Waals surface area contributed by atoms with Gasteiger partial charge in [-0.2, -0.15) is 5.10 Å². The van der Waals surface area contributed by atoms with E-state index >= 15 is 0 Å². The fourth-order valence-electron chi connectivity index (χ4n) is 1.86. The molecular formula is C14H13ClN4S. The molecule has 0 aliphatic heterocycles. The zero-order valence-corrected chi connectivity index (χ0v) is 12.4. The first-order chi connectivity index (χ1) is 9.72. The quantitative estimate of drug-likeness (QED) is 0.797. The van der Waals surface area contributed by atoms with Crippen molar-refractivity contribution < 1.29 is 0 Å². The van der Waals surface area contributed by atoms with E-state index in [-0.39, 0.29) is 0 Å². The second-order valence-corrected chi connectivity index (χ2v) is 5.70. The Balaban J connectivity index is 1.75. The van der Waals surface area contributed by atoms with E-state index in [1.807, 2.05) is 48.8 Å². The summed E-state index contributed by atoms with van der Waals surface area (Å²) in [6.07, 6.45) is 0. The third-order valence-electron chi connectivity index (χ3n) is 2.87. The third kappa shape index (κ3) is 2.84. The molecule has 0 saturated heterocycles. The predicted octanol–water partition coefficient (Wildman–Crippen LogP) is 3.81. The summed E-state index contributed by atoms with van der Waals surface area (Å²) in [6, 6.07) is 11.7. The van der Waals surface area contributed by atoms with Gasteiger partial charge in [-0.3, -0.25) is 4.68 Å². The number of aryl methyl sites for hydroxylation is 1. The van der Waals surface area contributed by atoms with E-state index in [2.05, 4.69) is 15.4 Å². The molecule has 0 spiro atoms. The standard InChI is InChI=1S/C14H13ClN4S/c1-19-13(9-16-11-5-2-4-10(15)8-11)17-14(18-19)12-6-3-7-20-12/h2-8,16H,9H2,1H3. The van der Waals surface area contributed by atoms with Crippen LogP contribution in [0.25, 0.3) is 10.7 Å². The van der Waals surface area contributed by atoms with Crippen molar-refractivity contribution in [3.63, 3.8) is 0 Å². The largest absolute Gasteiger partial charge is 0.378 e. The smallest absolute Gasteiger partial charge is 0.191 e. The van der Waals surface area contributed by atoms with E-state index in [0.29, 0.717) is 11.6 Å². The van der Waals surface area contributed by atoms with Crippen molar-refractivity contribution in [1.29, 1.82) is 0 Å². The second kappa shape index (κ2) is 5.64. The molecule has 2 aromatic heterocycles. The summed E-state index contributed by atoms with van der Waals surface area (Å²) in [5, 5.41) is 10.5. The summed E-state index contributed by atoms with van der Waals surface area (Å²) in [5.74, 6) is 1.65. The molecular weight excluding hydrogens is 292 g/mol. The Bertz CT molecular complexity index is 706. The first-order valence-electron chi connectivity index (χ1n) is 6.15. The normalized spacial score (nSPS) is 10.7. The first-order valence-corrected chi connectivity index (χ1v) is 7.41. The van der Waals surface area contributed by atoms with Crippen LogP contribution in [0.5, 0.6) is 0 Å². The minimum atomic E-state index is 0.606. The molecule has 3 rings (SSSR count). The number of nitrogens with zero attached hydrogens (tertiary/aromatic N) is 3. The average molecular weight is 305 g/mol. The molecule has 0 aliphatic carbocycles. The van der Waals surface area contributed by atoms with Crippen molar-refractivity contribution in [2.24, 2.45) is 7.05 Å². The van der Waals surface area contributed by atoms with Gasteiger partial charge in [-0.25, -0.2) is 4.98 Å². The van der Waals surface area contributed by atoms with Crippen molar-refractivity contribution in [2.45, 2.75) is 6.54 Å². The minimum absolute atomic E-state index is 0.606. The van der Waals surface area contributed by atoms with Gasteiger partial charge in [0.2, 0.25) is 0 Å². The molecule has 2 heterocycles. The summed E-state index contributed by atoms with van der Waals surface area (Å²) in [6.45, 7) is 0.606. The van der Waals surface area contributed by atoms with Gasteiger partial charge in [0.05, 0.1) is 11.4 Å². The van der Waals surface area contributed by atoms with Crippen molar-refractivity contribution in [3.8, 4) is 10.7 Å². The lowest BCUT2D eigenvalue weighted by Gasteiger charge is -2.05. The molecule has 102 valence electrons. The number of hydrogen-bond donors (Lipinski definition) is 1. The number of benzene rings is 1. The van der Waals surface area contributed by atoms with Crippen LogP contribution >= 0.6 is 22.9 Å². The van der Waals surface area contributed by atoms with Crippen molar-refractivity contribution in [1.82, 2.24) is 14.8 Å². The monoisotopic (exact) mass is 304 g/mol. The van der Waals surface area contributed by atoms with Crippen molar-refractivity contribution in [2.75, 3.05) is 5.32 Å². The zero-order chi connectivity index (χ0) is 13.9. The lowest BCUT2D eigenvalue weighted by atomic mass is 10.3. The Morgan fingerprint density at radius 3 is 2.95 bits per heavy atom. The number of aromatic nitrogens is 3. The lowest BCUT2D eigenvalue weighted by Crippen LogP contribution is -2.06. The van der Waals surface area contributed by atoms with E-state index < -0.39 is 0 Å². The van der Waals surface area contributed by atoms with E-state index in [4.69, 9.17) is 11.6 Å². The van der Waals surface area contributed by atoms with Crippen LogP contribution in [-0.4, -0.2) is 14.8 Å². The highest BCUT2D eigenvalue weighted by molar-refractivity contribution is 7.13. The van der Waals surface area contributed by atoms with Gasteiger partial charge in [0.15, 0.2) is 5.82 Å². The highest BCUT2D eigenvalue weighted by Gasteiger charge is 2.09. The van der Waals surface area contributed by atoms with Crippen LogP contribution in [0.15, 0.2) is 41.8 Å². The van der Waals surface area contributed by atoms with E-state index in [0.717, 1.165) is 22.2 Å². The summed E-state index contributed by atoms with van der Waals surface area (Å²) in [7, 11) is 1.90. The topological polar surface area (TPSA) is 42.7 Å². The highest BCUT2D eigenvalue weighted by atomic mass is 35.5. The maximum Gasteiger partial charge on any atom is 0.191 e. The van der Waals surface area contributed by atoms with Crippen LogP contribution in [0.2, 0.25) is 5.02 Å². The van der Waals surface area contributed by atoms with Gasteiger partial charge < -0.3 is 5.32 Å². The molecule has 4 nitrogen and oxygen atoms in total. The Morgan fingerprint density at radius 2 is 2.20 bits per heavy atom. The number of halogens is 1. The molecule has 0 saturated carbocycles. The summed E-state index contributed by atoms with van der Waals surface area (Å²) in [4.78, 5) is 5.63. The SMILES string of the molecule is Cn1nc(-c2cccs2)nc1CNc1cccc(Cl)c1. The maximum absolute atomic E-state index is 5.96. The van der Waals surface area contributed by atoms with Gasteiger partial charge in [0.1, 0.15) is 5.82 Å². The predicted molar refractivity (Wildman–Crippen MR) is 83.1 cm³/mol. The molecule has 0 bridgehead atoms. The Kier molecular flexibility index (Phi) is 3.71. The van der Waals surface area contributed by atoms with Gasteiger partial charge >= 0.3 is 0 Å². The molecule has 0 amide bonds. The van der Waals surface area contributed by atoms with Crippen LogP contribution in [-0.2, 0) is 13.6 Å². The molecule has 0 radical (unpaired) electrons. The van der Waals surface area contributed by atoms with Crippen molar-refractivity contribution >= 4 is 28.6 Å². The van der Waals surface area contributed by atoms with E-state index in [1.54, 1.807) is 16.0 Å². The Hall–Kier alpha value is -1.85. The van der Waals surface area contributed by atoms with Crippen LogP contribution in [0.4, 0.5) is 5.69 Å². The average Bonchev–Trinajstić information content (AvgIpc) is 3.06. The van der Waals surface area contributed by atoms with Crippen molar-refractivity contribution in [3.05, 3.63) is 52.6 Å². The summed E-state index contributed by atoms with van der Waals surface area (Å²) >= 11 is 7.60. The van der Waals surface area contributed by atoms with Crippen LogP contribution in [0, 0.1) is 0 Å². The molecule has 0 aliphatic rings. The summed E-state index contributed by atoms with van der Waals surface area (Å²) < 4.78 is 1.80. The maximum atomic E-state index is 5.96. The van der Waals surface area contributed by atoms with Crippen LogP contribution < -0.4 is 5.32 Å². The second-order valence-electron chi connectivity index (χ2n) is 4.32. The summed E-state index contributed by atoms with van der Waals surface area (Å²) in [5.41, 5.74) is 0.971. The van der Waals surface area contributed by atoms with Gasteiger partial charge in [0.25, 0.3) is 0 Å². The van der Waals surface area contributed by atoms with E-state index in [9.17, 15) is 0 Å². The molecule has 20 heavy (non-hydrogen) atoms. The fourth-order valence-corrected chi connectivity index (χ4v) is 2.70. The Morgan fingerprint density at radius 1 is 1.30 bits per heavy atom. The molecule has 1 aromatic carbocycles.